The molecule has 0 amide bonds. The van der Waals surface area contributed by atoms with Gasteiger partial charge in [0.2, 0.25) is 0 Å². The van der Waals surface area contributed by atoms with Crippen LogP contribution in [-0.4, -0.2) is 61.6 Å². The SMILES string of the molecule is COCCOCCNC1(C(=O)O)CCSC1. The number of thioether (sulfide) groups is 1. The quantitative estimate of drug-likeness (QED) is 0.599. The Bertz CT molecular complexity index is 219. The average molecular weight is 249 g/mol. The molecule has 0 aromatic rings. The summed E-state index contributed by atoms with van der Waals surface area (Å²) in [6.45, 7) is 2.20. The van der Waals surface area contributed by atoms with Crippen LogP contribution in [0.4, 0.5) is 0 Å². The summed E-state index contributed by atoms with van der Waals surface area (Å²) in [6.07, 6.45) is 0.686. The number of carbonyl (C=O) groups is 1. The lowest BCUT2D eigenvalue weighted by molar-refractivity contribution is -0.143. The maximum Gasteiger partial charge on any atom is 0.324 e. The molecule has 6 heteroatoms. The summed E-state index contributed by atoms with van der Waals surface area (Å²) in [6, 6.07) is 0. The van der Waals surface area contributed by atoms with Crippen LogP contribution in [0.3, 0.4) is 0 Å². The number of aliphatic carboxylic acids is 1. The zero-order valence-electron chi connectivity index (χ0n) is 9.53. The number of methoxy groups -OCH3 is 1. The van der Waals surface area contributed by atoms with Crippen molar-refractivity contribution in [3.63, 3.8) is 0 Å². The number of hydrogen-bond donors (Lipinski definition) is 2. The summed E-state index contributed by atoms with van der Waals surface area (Å²) in [5.74, 6) is 0.791. The molecule has 2 N–H and O–H groups in total. The number of carboxylic acids is 1. The number of rotatable bonds is 8. The van der Waals surface area contributed by atoms with Crippen molar-refractivity contribution in [3.05, 3.63) is 0 Å². The molecule has 94 valence electrons. The largest absolute Gasteiger partial charge is 0.480 e. The molecule has 1 fully saturated rings. The second-order valence-electron chi connectivity index (χ2n) is 3.72. The minimum atomic E-state index is -0.755. The Labute approximate surface area is 99.9 Å². The van der Waals surface area contributed by atoms with Gasteiger partial charge in [-0.05, 0) is 12.2 Å². The van der Waals surface area contributed by atoms with Gasteiger partial charge < -0.3 is 14.6 Å². The monoisotopic (exact) mass is 249 g/mol. The number of ether oxygens (including phenoxy) is 2. The van der Waals surface area contributed by atoms with E-state index in [1.165, 1.54) is 0 Å². The van der Waals surface area contributed by atoms with Crippen molar-refractivity contribution in [2.45, 2.75) is 12.0 Å². The first-order valence-electron chi connectivity index (χ1n) is 5.34. The van der Waals surface area contributed by atoms with E-state index >= 15 is 0 Å². The van der Waals surface area contributed by atoms with Crippen molar-refractivity contribution < 1.29 is 19.4 Å². The van der Waals surface area contributed by atoms with Crippen molar-refractivity contribution >= 4 is 17.7 Å². The minimum Gasteiger partial charge on any atom is -0.480 e. The van der Waals surface area contributed by atoms with Gasteiger partial charge in [-0.15, -0.1) is 0 Å². The van der Waals surface area contributed by atoms with E-state index in [2.05, 4.69) is 5.32 Å². The zero-order chi connectivity index (χ0) is 11.9. The number of hydrogen-bond acceptors (Lipinski definition) is 5. The lowest BCUT2D eigenvalue weighted by atomic mass is 9.99. The fraction of sp³-hybridized carbons (Fsp3) is 0.900. The van der Waals surface area contributed by atoms with Crippen LogP contribution in [0.15, 0.2) is 0 Å². The fourth-order valence-corrected chi connectivity index (χ4v) is 2.91. The molecule has 1 atom stereocenters. The smallest absolute Gasteiger partial charge is 0.324 e. The lowest BCUT2D eigenvalue weighted by Crippen LogP contribution is -2.53. The third kappa shape index (κ3) is 3.93. The highest BCUT2D eigenvalue weighted by atomic mass is 32.2. The van der Waals surface area contributed by atoms with E-state index in [-0.39, 0.29) is 0 Å². The van der Waals surface area contributed by atoms with Gasteiger partial charge in [-0.2, -0.15) is 11.8 Å². The van der Waals surface area contributed by atoms with Gasteiger partial charge in [-0.3, -0.25) is 10.1 Å². The second kappa shape index (κ2) is 7.11. The zero-order valence-corrected chi connectivity index (χ0v) is 10.3. The molecule has 0 radical (unpaired) electrons. The Hall–Kier alpha value is -0.300. The van der Waals surface area contributed by atoms with E-state index in [4.69, 9.17) is 14.6 Å². The standard InChI is InChI=1S/C10H19NO4S/c1-14-5-6-15-4-3-11-10(9(12)13)2-7-16-8-10/h11H,2-8H2,1H3,(H,12,13). The van der Waals surface area contributed by atoms with Crippen LogP contribution in [-0.2, 0) is 14.3 Å². The predicted octanol–water partition coefficient (Wildman–Crippen LogP) is 0.199. The number of nitrogens with one attached hydrogen (secondary N) is 1. The third-order valence-corrected chi connectivity index (χ3v) is 3.76. The minimum absolute atomic E-state index is 0.517. The van der Waals surface area contributed by atoms with Gasteiger partial charge in [0, 0.05) is 19.4 Å². The molecule has 1 unspecified atom stereocenters. The molecule has 0 aromatic heterocycles. The molecule has 16 heavy (non-hydrogen) atoms. The maximum absolute atomic E-state index is 11.2. The van der Waals surface area contributed by atoms with Crippen molar-refractivity contribution in [3.8, 4) is 0 Å². The summed E-state index contributed by atoms with van der Waals surface area (Å²) >= 11 is 1.68. The highest BCUT2D eigenvalue weighted by molar-refractivity contribution is 7.99. The van der Waals surface area contributed by atoms with Crippen LogP contribution < -0.4 is 5.32 Å². The van der Waals surface area contributed by atoms with Crippen LogP contribution in [0.1, 0.15) is 6.42 Å². The predicted molar refractivity (Wildman–Crippen MR) is 63.0 cm³/mol. The van der Waals surface area contributed by atoms with Crippen molar-refractivity contribution in [2.75, 3.05) is 45.0 Å². The van der Waals surface area contributed by atoms with Gasteiger partial charge in [0.15, 0.2) is 0 Å². The van der Waals surface area contributed by atoms with Crippen molar-refractivity contribution in [1.82, 2.24) is 5.32 Å². The molecule has 1 rings (SSSR count). The Morgan fingerprint density at radius 1 is 1.50 bits per heavy atom. The Balaban J connectivity index is 2.16. The summed E-state index contributed by atoms with van der Waals surface area (Å²) in [5.41, 5.74) is -0.741. The highest BCUT2D eigenvalue weighted by Crippen LogP contribution is 2.27. The fourth-order valence-electron chi connectivity index (χ4n) is 1.56. The van der Waals surface area contributed by atoms with E-state index < -0.39 is 11.5 Å². The van der Waals surface area contributed by atoms with E-state index in [1.807, 2.05) is 0 Å². The first-order chi connectivity index (χ1) is 7.71. The third-order valence-electron chi connectivity index (χ3n) is 2.57. The van der Waals surface area contributed by atoms with Gasteiger partial charge in [-0.25, -0.2) is 0 Å². The molecule has 0 aromatic carbocycles. The molecule has 1 aliphatic rings. The van der Waals surface area contributed by atoms with Gasteiger partial charge >= 0.3 is 5.97 Å². The van der Waals surface area contributed by atoms with Crippen LogP contribution in [0, 0.1) is 0 Å². The lowest BCUT2D eigenvalue weighted by Gasteiger charge is -2.24. The molecule has 0 saturated carbocycles. The summed E-state index contributed by atoms with van der Waals surface area (Å²) in [4.78, 5) is 11.2. The van der Waals surface area contributed by atoms with Crippen LogP contribution in [0.5, 0.6) is 0 Å². The highest BCUT2D eigenvalue weighted by Gasteiger charge is 2.41. The molecular weight excluding hydrogens is 230 g/mol. The first kappa shape index (κ1) is 13.8. The molecule has 0 aliphatic carbocycles. The molecule has 5 nitrogen and oxygen atoms in total. The maximum atomic E-state index is 11.2. The Kier molecular flexibility index (Phi) is 6.12. The molecular formula is C10H19NO4S. The summed E-state index contributed by atoms with van der Waals surface area (Å²) in [7, 11) is 1.62. The van der Waals surface area contributed by atoms with Crippen LogP contribution >= 0.6 is 11.8 Å². The molecule has 1 heterocycles. The van der Waals surface area contributed by atoms with E-state index in [0.717, 1.165) is 5.75 Å². The molecule has 0 bridgehead atoms. The van der Waals surface area contributed by atoms with Gasteiger partial charge in [0.05, 0.1) is 19.8 Å². The summed E-state index contributed by atoms with van der Waals surface area (Å²) in [5, 5.41) is 12.3. The molecule has 1 saturated heterocycles. The molecule has 0 spiro atoms. The van der Waals surface area contributed by atoms with Crippen molar-refractivity contribution in [2.24, 2.45) is 0 Å². The van der Waals surface area contributed by atoms with Gasteiger partial charge in [-0.1, -0.05) is 0 Å². The second-order valence-corrected chi connectivity index (χ2v) is 4.83. The van der Waals surface area contributed by atoms with E-state index in [0.29, 0.717) is 38.5 Å². The number of carboxylic acid groups (broad SMARTS) is 1. The normalized spacial score (nSPS) is 24.8. The van der Waals surface area contributed by atoms with Crippen LogP contribution in [0.25, 0.3) is 0 Å². The van der Waals surface area contributed by atoms with Crippen LogP contribution in [0.2, 0.25) is 0 Å². The topological polar surface area (TPSA) is 67.8 Å². The van der Waals surface area contributed by atoms with E-state index in [1.54, 1.807) is 18.9 Å². The van der Waals surface area contributed by atoms with Gasteiger partial charge in [0.25, 0.3) is 0 Å². The average Bonchev–Trinajstić information content (AvgIpc) is 2.73. The van der Waals surface area contributed by atoms with Crippen molar-refractivity contribution in [1.29, 1.82) is 0 Å². The molecule has 1 aliphatic heterocycles. The van der Waals surface area contributed by atoms with Gasteiger partial charge in [0.1, 0.15) is 5.54 Å². The Morgan fingerprint density at radius 2 is 2.31 bits per heavy atom. The first-order valence-corrected chi connectivity index (χ1v) is 6.49. The summed E-state index contributed by atoms with van der Waals surface area (Å²) < 4.78 is 10.1. The Morgan fingerprint density at radius 3 is 2.88 bits per heavy atom. The van der Waals surface area contributed by atoms with E-state index in [9.17, 15) is 4.79 Å².